The van der Waals surface area contributed by atoms with E-state index in [9.17, 15) is 9.90 Å². The Hall–Kier alpha value is -1.39. The molecule has 1 heterocycles. The van der Waals surface area contributed by atoms with Crippen LogP contribution in [0.5, 0.6) is 0 Å². The Morgan fingerprint density at radius 2 is 2.15 bits per heavy atom. The molecule has 4 heteroatoms. The maximum absolute atomic E-state index is 11.4. The van der Waals surface area contributed by atoms with E-state index < -0.39 is 12.0 Å². The highest BCUT2D eigenvalue weighted by atomic mass is 16.4. The molecule has 2 rings (SSSR count). The largest absolute Gasteiger partial charge is 0.480 e. The van der Waals surface area contributed by atoms with Gasteiger partial charge in [-0.2, -0.15) is 0 Å². The highest BCUT2D eigenvalue weighted by Gasteiger charge is 2.23. The molecule has 1 aromatic rings. The van der Waals surface area contributed by atoms with E-state index in [0.29, 0.717) is 6.04 Å². The molecular weight excluding hydrogens is 252 g/mol. The number of carboxylic acids is 1. The van der Waals surface area contributed by atoms with Crippen LogP contribution in [0.4, 0.5) is 0 Å². The van der Waals surface area contributed by atoms with Gasteiger partial charge in [-0.25, -0.2) is 0 Å². The van der Waals surface area contributed by atoms with Gasteiger partial charge < -0.3 is 10.4 Å². The predicted octanol–water partition coefficient (Wildman–Crippen LogP) is 2.32. The summed E-state index contributed by atoms with van der Waals surface area (Å²) in [4.78, 5) is 11.4. The van der Waals surface area contributed by atoms with Gasteiger partial charge in [0.25, 0.3) is 0 Å². The number of piperidine rings is 1. The maximum atomic E-state index is 11.4. The summed E-state index contributed by atoms with van der Waals surface area (Å²) in [5.41, 5.74) is 0.809. The van der Waals surface area contributed by atoms with Crippen LogP contribution in [-0.2, 0) is 4.79 Å². The standard InChI is InChI=1S/C16H24N2O2/c1-12(11-14-9-5-6-10-17-14)18-15(16(19)20)13-7-3-2-4-8-13/h2-4,7-8,12,14-15,17-18H,5-6,9-11H2,1H3,(H,19,20). The number of carbonyl (C=O) groups is 1. The van der Waals surface area contributed by atoms with Crippen LogP contribution in [0, 0.1) is 0 Å². The Morgan fingerprint density at radius 3 is 2.75 bits per heavy atom. The monoisotopic (exact) mass is 276 g/mol. The van der Waals surface area contributed by atoms with Crippen LogP contribution in [0.3, 0.4) is 0 Å². The number of rotatable bonds is 6. The summed E-state index contributed by atoms with van der Waals surface area (Å²) in [6.07, 6.45) is 4.68. The lowest BCUT2D eigenvalue weighted by molar-refractivity contribution is -0.139. The van der Waals surface area contributed by atoms with E-state index in [4.69, 9.17) is 0 Å². The van der Waals surface area contributed by atoms with E-state index >= 15 is 0 Å². The van der Waals surface area contributed by atoms with Crippen LogP contribution in [-0.4, -0.2) is 29.7 Å². The molecule has 0 bridgehead atoms. The SMILES string of the molecule is CC(CC1CCCCN1)NC(C(=O)O)c1ccccc1. The van der Waals surface area contributed by atoms with Crippen molar-refractivity contribution in [1.82, 2.24) is 10.6 Å². The summed E-state index contributed by atoms with van der Waals surface area (Å²) < 4.78 is 0. The number of hydrogen-bond donors (Lipinski definition) is 3. The minimum Gasteiger partial charge on any atom is -0.480 e. The first-order valence-electron chi connectivity index (χ1n) is 7.44. The molecule has 110 valence electrons. The van der Waals surface area contributed by atoms with Gasteiger partial charge in [-0.1, -0.05) is 36.8 Å². The third-order valence-electron chi connectivity index (χ3n) is 3.88. The summed E-state index contributed by atoms with van der Waals surface area (Å²) in [7, 11) is 0. The minimum absolute atomic E-state index is 0.173. The molecule has 0 aromatic heterocycles. The van der Waals surface area contributed by atoms with Crippen molar-refractivity contribution in [3.05, 3.63) is 35.9 Å². The molecule has 0 amide bonds. The Bertz CT molecular complexity index is 416. The molecular formula is C16H24N2O2. The average molecular weight is 276 g/mol. The normalized spacial score (nSPS) is 22.1. The Kier molecular flexibility index (Phi) is 5.56. The quantitative estimate of drug-likeness (QED) is 0.746. The van der Waals surface area contributed by atoms with Crippen LogP contribution < -0.4 is 10.6 Å². The van der Waals surface area contributed by atoms with Crippen molar-refractivity contribution in [3.63, 3.8) is 0 Å². The fourth-order valence-corrected chi connectivity index (χ4v) is 2.86. The van der Waals surface area contributed by atoms with Gasteiger partial charge in [0, 0.05) is 12.1 Å². The number of carboxylic acid groups (broad SMARTS) is 1. The molecule has 1 aliphatic heterocycles. The van der Waals surface area contributed by atoms with Gasteiger partial charge in [0.2, 0.25) is 0 Å². The van der Waals surface area contributed by atoms with Crippen LogP contribution in [0.1, 0.15) is 44.2 Å². The Balaban J connectivity index is 1.92. The van der Waals surface area contributed by atoms with Crippen molar-refractivity contribution in [3.8, 4) is 0 Å². The molecule has 0 radical (unpaired) electrons. The highest BCUT2D eigenvalue weighted by molar-refractivity contribution is 5.75. The topological polar surface area (TPSA) is 61.4 Å². The molecule has 3 unspecified atom stereocenters. The predicted molar refractivity (Wildman–Crippen MR) is 79.7 cm³/mol. The van der Waals surface area contributed by atoms with Crippen LogP contribution in [0.15, 0.2) is 30.3 Å². The zero-order valence-electron chi connectivity index (χ0n) is 12.0. The summed E-state index contributed by atoms with van der Waals surface area (Å²) >= 11 is 0. The lowest BCUT2D eigenvalue weighted by atomic mass is 9.97. The summed E-state index contributed by atoms with van der Waals surface area (Å²) in [5, 5.41) is 16.1. The zero-order valence-corrected chi connectivity index (χ0v) is 12.0. The van der Waals surface area contributed by atoms with Gasteiger partial charge in [0.15, 0.2) is 0 Å². The van der Waals surface area contributed by atoms with Crippen LogP contribution in [0.25, 0.3) is 0 Å². The van der Waals surface area contributed by atoms with Crippen molar-refractivity contribution in [2.45, 2.75) is 50.7 Å². The van der Waals surface area contributed by atoms with E-state index in [1.54, 1.807) is 0 Å². The van der Waals surface area contributed by atoms with E-state index in [1.807, 2.05) is 30.3 Å². The first kappa shape index (κ1) is 15.0. The smallest absolute Gasteiger partial charge is 0.325 e. The van der Waals surface area contributed by atoms with Crippen molar-refractivity contribution >= 4 is 5.97 Å². The fraction of sp³-hybridized carbons (Fsp3) is 0.562. The third kappa shape index (κ3) is 4.32. The van der Waals surface area contributed by atoms with Gasteiger partial charge >= 0.3 is 5.97 Å². The minimum atomic E-state index is -0.820. The molecule has 0 spiro atoms. The summed E-state index contributed by atoms with van der Waals surface area (Å²) in [6, 6.07) is 9.42. The molecule has 1 saturated heterocycles. The van der Waals surface area contributed by atoms with E-state index in [1.165, 1.54) is 19.3 Å². The molecule has 1 fully saturated rings. The van der Waals surface area contributed by atoms with Crippen molar-refractivity contribution in [2.24, 2.45) is 0 Å². The second-order valence-electron chi connectivity index (χ2n) is 5.63. The number of aliphatic carboxylic acids is 1. The van der Waals surface area contributed by atoms with Crippen molar-refractivity contribution in [2.75, 3.05) is 6.54 Å². The van der Waals surface area contributed by atoms with Gasteiger partial charge in [-0.05, 0) is 38.3 Å². The Morgan fingerprint density at radius 1 is 1.40 bits per heavy atom. The summed E-state index contributed by atoms with van der Waals surface area (Å²) in [5.74, 6) is -0.820. The number of benzene rings is 1. The van der Waals surface area contributed by atoms with Crippen LogP contribution >= 0.6 is 0 Å². The second-order valence-corrected chi connectivity index (χ2v) is 5.63. The van der Waals surface area contributed by atoms with Crippen molar-refractivity contribution in [1.29, 1.82) is 0 Å². The van der Waals surface area contributed by atoms with E-state index in [0.717, 1.165) is 18.5 Å². The highest BCUT2D eigenvalue weighted by Crippen LogP contribution is 2.17. The van der Waals surface area contributed by atoms with E-state index in [2.05, 4.69) is 17.6 Å². The van der Waals surface area contributed by atoms with E-state index in [-0.39, 0.29) is 6.04 Å². The summed E-state index contributed by atoms with van der Waals surface area (Å²) in [6.45, 7) is 3.15. The van der Waals surface area contributed by atoms with Gasteiger partial charge in [-0.15, -0.1) is 0 Å². The zero-order chi connectivity index (χ0) is 14.4. The van der Waals surface area contributed by atoms with Crippen molar-refractivity contribution < 1.29 is 9.90 Å². The lowest BCUT2D eigenvalue weighted by Crippen LogP contribution is -2.42. The first-order chi connectivity index (χ1) is 9.66. The molecule has 0 saturated carbocycles. The number of nitrogens with one attached hydrogen (secondary N) is 2. The number of hydrogen-bond acceptors (Lipinski definition) is 3. The average Bonchev–Trinajstić information content (AvgIpc) is 2.46. The fourth-order valence-electron chi connectivity index (χ4n) is 2.86. The molecule has 1 aromatic carbocycles. The molecule has 1 aliphatic rings. The first-order valence-corrected chi connectivity index (χ1v) is 7.44. The van der Waals surface area contributed by atoms with Crippen LogP contribution in [0.2, 0.25) is 0 Å². The molecule has 4 nitrogen and oxygen atoms in total. The van der Waals surface area contributed by atoms with Gasteiger partial charge in [0.1, 0.15) is 6.04 Å². The Labute approximate surface area is 120 Å². The van der Waals surface area contributed by atoms with Gasteiger partial charge in [-0.3, -0.25) is 10.1 Å². The van der Waals surface area contributed by atoms with Gasteiger partial charge in [0.05, 0.1) is 0 Å². The second kappa shape index (κ2) is 7.41. The lowest BCUT2D eigenvalue weighted by Gasteiger charge is -2.28. The maximum Gasteiger partial charge on any atom is 0.325 e. The molecule has 3 N–H and O–H groups in total. The third-order valence-corrected chi connectivity index (χ3v) is 3.88. The molecule has 20 heavy (non-hydrogen) atoms. The molecule has 0 aliphatic carbocycles. The molecule has 3 atom stereocenters.